The summed E-state index contributed by atoms with van der Waals surface area (Å²) in [4.78, 5) is 81.5. The summed E-state index contributed by atoms with van der Waals surface area (Å²) in [5, 5.41) is 5.59. The molecule has 4 aromatic rings. The number of amides is 4. The van der Waals surface area contributed by atoms with Crippen LogP contribution < -0.4 is 10.7 Å². The lowest BCUT2D eigenvalue weighted by atomic mass is 9.76. The number of nitrogens with zero attached hydrogens (tertiary/aromatic N) is 6. The molecule has 6 bridgehead atoms. The fourth-order valence-electron chi connectivity index (χ4n) is 11.2. The van der Waals surface area contributed by atoms with Gasteiger partial charge in [-0.05, 0) is 139 Å². The van der Waals surface area contributed by atoms with Crippen LogP contribution in [0.1, 0.15) is 103 Å². The molecule has 4 amide bonds. The third kappa shape index (κ3) is 11.3. The smallest absolute Gasteiger partial charge is 0.324 e. The van der Waals surface area contributed by atoms with Crippen molar-refractivity contribution in [2.24, 2.45) is 11.3 Å². The van der Waals surface area contributed by atoms with Gasteiger partial charge in [0, 0.05) is 79.2 Å². The van der Waals surface area contributed by atoms with E-state index in [1.54, 1.807) is 25.3 Å². The van der Waals surface area contributed by atoms with E-state index in [1.807, 2.05) is 53.1 Å². The number of hydrogen-bond donors (Lipinski definition) is 2. The number of methoxy groups -OCH3 is 1. The summed E-state index contributed by atoms with van der Waals surface area (Å²) in [6.45, 7) is 13.7. The SMILES string of the molecule is CCn1c(-c2cccnc2[C@H](C)OC)c2c3cc(ccc31)-c1cccc(c1)C[C@H](NC(=O)[C@@H](N(C)C(=O)[C@H]1CCN(C(=O)C#CC3(N(C)C)CCC3)C1)C(C)(C)Br)C(=O)N1CCC[C@H](N1)C(=O)OCC(C)(C)C2. The van der Waals surface area contributed by atoms with Gasteiger partial charge < -0.3 is 29.2 Å². The Morgan fingerprint density at radius 2 is 1.78 bits per heavy atom. The number of alkyl halides is 1. The number of rotatable bonds is 10. The number of fused-ring (bicyclic) bond motifs is 6. The predicted octanol–water partition coefficient (Wildman–Crippen LogP) is 7.08. The normalized spacial score (nSPS) is 21.8. The predicted molar refractivity (Wildman–Crippen MR) is 286 cm³/mol. The number of halogens is 1. The van der Waals surface area contributed by atoms with Crippen molar-refractivity contribution in [1.82, 2.24) is 40.0 Å². The van der Waals surface area contributed by atoms with Crippen LogP contribution in [0, 0.1) is 23.2 Å². The quantitative estimate of drug-likeness (QED) is 0.0956. The van der Waals surface area contributed by atoms with Crippen molar-refractivity contribution in [2.45, 2.75) is 134 Å². The average molecular weight is 1060 g/mol. The molecule has 8 rings (SSSR count). The summed E-state index contributed by atoms with van der Waals surface area (Å²) in [7, 11) is 7.25. The van der Waals surface area contributed by atoms with Crippen LogP contribution in [0.15, 0.2) is 60.8 Å². The Hall–Kier alpha value is -5.60. The van der Waals surface area contributed by atoms with Gasteiger partial charge in [0.25, 0.3) is 11.8 Å². The summed E-state index contributed by atoms with van der Waals surface area (Å²) in [5.74, 6) is 3.56. The maximum atomic E-state index is 14.9. The highest BCUT2D eigenvalue weighted by Gasteiger charge is 2.44. The average Bonchev–Trinajstić information content (AvgIpc) is 3.96. The molecule has 16 heteroatoms. The zero-order valence-corrected chi connectivity index (χ0v) is 45.9. The second-order valence-corrected chi connectivity index (χ2v) is 24.1. The molecule has 2 N–H and O–H groups in total. The van der Waals surface area contributed by atoms with Crippen LogP contribution in [0.25, 0.3) is 33.3 Å². The second kappa shape index (κ2) is 21.7. The van der Waals surface area contributed by atoms with Gasteiger partial charge in [0.15, 0.2) is 0 Å². The maximum Gasteiger partial charge on any atom is 0.324 e. The molecule has 1 saturated carbocycles. The van der Waals surface area contributed by atoms with E-state index in [9.17, 15) is 24.0 Å². The fraction of sp³-hybridized carbons (Fsp3) is 0.544. The summed E-state index contributed by atoms with van der Waals surface area (Å²) in [6, 6.07) is 15.6. The number of likely N-dealkylation sites (tertiary alicyclic amines) is 1. The number of esters is 1. The highest BCUT2D eigenvalue weighted by Crippen LogP contribution is 2.42. The van der Waals surface area contributed by atoms with E-state index >= 15 is 0 Å². The largest absolute Gasteiger partial charge is 0.464 e. The summed E-state index contributed by atoms with van der Waals surface area (Å²) >= 11 is 3.73. The van der Waals surface area contributed by atoms with E-state index in [-0.39, 0.29) is 43.0 Å². The van der Waals surface area contributed by atoms with E-state index in [0.29, 0.717) is 45.3 Å². The number of aromatic nitrogens is 2. The lowest BCUT2D eigenvalue weighted by Crippen LogP contribution is -2.63. The van der Waals surface area contributed by atoms with Gasteiger partial charge in [-0.2, -0.15) is 0 Å². The number of hydrazine groups is 1. The molecule has 2 aromatic carbocycles. The molecule has 5 atom stereocenters. The summed E-state index contributed by atoms with van der Waals surface area (Å²) in [6.07, 6.45) is 6.56. The van der Waals surface area contributed by atoms with Crippen molar-refractivity contribution in [1.29, 1.82) is 0 Å². The molecule has 390 valence electrons. The molecule has 0 spiro atoms. The third-order valence-corrected chi connectivity index (χ3v) is 16.0. The number of benzene rings is 2. The van der Waals surface area contributed by atoms with Crippen molar-refractivity contribution < 1.29 is 33.4 Å². The molecule has 4 aliphatic rings. The van der Waals surface area contributed by atoms with E-state index in [0.717, 1.165) is 69.4 Å². The molecule has 1 aliphatic carbocycles. The molecule has 0 radical (unpaired) electrons. The van der Waals surface area contributed by atoms with Gasteiger partial charge in [0.1, 0.15) is 18.1 Å². The summed E-state index contributed by atoms with van der Waals surface area (Å²) in [5.41, 5.74) is 10.1. The van der Waals surface area contributed by atoms with Gasteiger partial charge in [0.2, 0.25) is 11.8 Å². The van der Waals surface area contributed by atoms with E-state index < -0.39 is 51.6 Å². The van der Waals surface area contributed by atoms with Gasteiger partial charge in [-0.15, -0.1) is 0 Å². The van der Waals surface area contributed by atoms with Crippen molar-refractivity contribution in [3.8, 4) is 34.2 Å². The van der Waals surface area contributed by atoms with Gasteiger partial charge >= 0.3 is 5.97 Å². The number of cyclic esters (lactones) is 1. The Balaban J connectivity index is 1.12. The molecular weight excluding hydrogens is 989 g/mol. The first-order valence-corrected chi connectivity index (χ1v) is 26.7. The molecule has 2 saturated heterocycles. The molecule has 3 aliphatic heterocycles. The zero-order chi connectivity index (χ0) is 52.6. The molecule has 3 fully saturated rings. The molecule has 0 unspecified atom stereocenters. The van der Waals surface area contributed by atoms with E-state index in [4.69, 9.17) is 14.5 Å². The Labute approximate surface area is 439 Å². The monoisotopic (exact) mass is 1060 g/mol. The van der Waals surface area contributed by atoms with Gasteiger partial charge in [-0.25, -0.2) is 5.43 Å². The highest BCUT2D eigenvalue weighted by molar-refractivity contribution is 9.10. The minimum absolute atomic E-state index is 0.119. The summed E-state index contributed by atoms with van der Waals surface area (Å²) < 4.78 is 13.4. The van der Waals surface area contributed by atoms with Crippen LogP contribution >= 0.6 is 15.9 Å². The van der Waals surface area contributed by atoms with E-state index in [2.05, 4.69) is 105 Å². The van der Waals surface area contributed by atoms with Crippen molar-refractivity contribution >= 4 is 56.4 Å². The van der Waals surface area contributed by atoms with Crippen LogP contribution in [0.4, 0.5) is 0 Å². The van der Waals surface area contributed by atoms with Gasteiger partial charge in [-0.3, -0.25) is 38.9 Å². The molecule has 5 heterocycles. The Morgan fingerprint density at radius 1 is 1.03 bits per heavy atom. The van der Waals surface area contributed by atoms with Crippen LogP contribution in [-0.2, 0) is 52.8 Å². The maximum absolute atomic E-state index is 14.9. The van der Waals surface area contributed by atoms with E-state index in [1.165, 1.54) is 9.91 Å². The minimum Gasteiger partial charge on any atom is -0.464 e. The first-order valence-electron chi connectivity index (χ1n) is 25.9. The van der Waals surface area contributed by atoms with Crippen LogP contribution in [0.5, 0.6) is 0 Å². The third-order valence-electron chi connectivity index (χ3n) is 15.5. The number of nitrogens with one attached hydrogen (secondary N) is 2. The first-order chi connectivity index (χ1) is 34.6. The van der Waals surface area contributed by atoms with Gasteiger partial charge in [-0.1, -0.05) is 66.0 Å². The van der Waals surface area contributed by atoms with Crippen LogP contribution in [0.2, 0.25) is 0 Å². The number of hydrogen-bond acceptors (Lipinski definition) is 10. The number of aryl methyl sites for hydroxylation is 1. The van der Waals surface area contributed by atoms with Crippen molar-refractivity contribution in [3.05, 3.63) is 77.6 Å². The van der Waals surface area contributed by atoms with Gasteiger partial charge in [0.05, 0.1) is 35.6 Å². The minimum atomic E-state index is -1.10. The lowest BCUT2D eigenvalue weighted by molar-refractivity contribution is -0.155. The number of ether oxygens (including phenoxy) is 2. The fourth-order valence-corrected chi connectivity index (χ4v) is 11.7. The lowest BCUT2D eigenvalue weighted by Gasteiger charge is -2.42. The first kappa shape index (κ1) is 53.7. The molecule has 15 nitrogen and oxygen atoms in total. The Bertz CT molecular complexity index is 2820. The highest BCUT2D eigenvalue weighted by atomic mass is 79.9. The standard InChI is InChI=1S/C57H73BrN8O7/c1-11-65-46-21-20-39-32-42(46)43(49(65)41-18-13-27-59-48(41)36(2)72-10)33-55(3,4)35-73-54(71)44-19-14-28-66(61-44)53(70)45(31-37-16-12-17-38(39)30-37)60-51(68)50(56(5,6)58)63(9)52(69)40-23-29-64(34-40)47(67)22-26-57(62(7)8)24-15-25-57/h12-13,16-18,20-21,27,30,32,36,40,44-45,50,61H,11,14-15,19,23-25,28-29,31,33-35H2,1-10H3,(H,60,68)/t36-,40-,44-,45-,50+/m0/s1. The Morgan fingerprint density at radius 3 is 2.47 bits per heavy atom. The Kier molecular flexibility index (Phi) is 16.0. The number of carbonyl (C=O) groups is 5. The number of likely N-dealkylation sites (N-methyl/N-ethyl adjacent to an activating group) is 1. The number of pyridine rings is 1. The second-order valence-electron chi connectivity index (χ2n) is 22.0. The molecule has 73 heavy (non-hydrogen) atoms. The van der Waals surface area contributed by atoms with Crippen LogP contribution in [-0.4, -0.2) is 141 Å². The topological polar surface area (TPSA) is 159 Å². The molecule has 2 aromatic heterocycles. The van der Waals surface area contributed by atoms with Crippen molar-refractivity contribution in [2.75, 3.05) is 54.5 Å². The molecular formula is C57H73BrN8O7. The van der Waals surface area contributed by atoms with Crippen molar-refractivity contribution in [3.63, 3.8) is 0 Å². The van der Waals surface area contributed by atoms with Crippen LogP contribution in [0.3, 0.4) is 0 Å². The zero-order valence-electron chi connectivity index (χ0n) is 44.3. The number of carbonyl (C=O) groups excluding carboxylic acids is 5.